The third-order valence-corrected chi connectivity index (χ3v) is 4.78. The predicted octanol–water partition coefficient (Wildman–Crippen LogP) is 1.08. The lowest BCUT2D eigenvalue weighted by molar-refractivity contribution is -0.121. The van der Waals surface area contributed by atoms with Gasteiger partial charge in [0.05, 0.1) is 12.0 Å². The Balaban J connectivity index is 1.46. The molecule has 0 aliphatic carbocycles. The average molecular weight is 339 g/mol. The van der Waals surface area contributed by atoms with Crippen LogP contribution in [-0.4, -0.2) is 59.4 Å². The predicted molar refractivity (Wildman–Crippen MR) is 85.2 cm³/mol. The van der Waals surface area contributed by atoms with Crippen molar-refractivity contribution >= 4 is 28.4 Å². The Kier molecular flexibility index (Phi) is 5.39. The van der Waals surface area contributed by atoms with Gasteiger partial charge in [-0.05, 0) is 25.7 Å². The van der Waals surface area contributed by atoms with Crippen molar-refractivity contribution in [2.45, 2.75) is 31.8 Å². The molecular weight excluding hydrogens is 318 g/mol. The van der Waals surface area contributed by atoms with Crippen molar-refractivity contribution in [2.75, 3.05) is 31.6 Å². The maximum atomic E-state index is 12.3. The van der Waals surface area contributed by atoms with E-state index in [1.54, 1.807) is 10.4 Å². The van der Waals surface area contributed by atoms with E-state index in [1.807, 2.05) is 0 Å². The summed E-state index contributed by atoms with van der Waals surface area (Å²) in [5, 5.41) is 13.7. The van der Waals surface area contributed by atoms with Crippen LogP contribution in [0.25, 0.3) is 0 Å². The highest BCUT2D eigenvalue weighted by atomic mass is 32.1. The Bertz CT molecular complexity index is 533. The molecule has 1 aromatic heterocycles. The number of hydrogen-bond acceptors (Lipinski definition) is 6. The van der Waals surface area contributed by atoms with Gasteiger partial charge in [0.1, 0.15) is 5.51 Å². The molecule has 0 radical (unpaired) electrons. The minimum absolute atomic E-state index is 0.0987. The van der Waals surface area contributed by atoms with Crippen LogP contribution in [0.15, 0.2) is 5.51 Å². The fourth-order valence-corrected chi connectivity index (χ4v) is 3.38. The summed E-state index contributed by atoms with van der Waals surface area (Å²) >= 11 is 1.28. The van der Waals surface area contributed by atoms with Crippen molar-refractivity contribution in [3.63, 3.8) is 0 Å². The summed E-state index contributed by atoms with van der Waals surface area (Å²) in [6.45, 7) is 2.43. The van der Waals surface area contributed by atoms with Crippen LogP contribution in [0.1, 0.15) is 25.7 Å². The smallest absolute Gasteiger partial charge is 0.317 e. The van der Waals surface area contributed by atoms with Crippen LogP contribution in [0, 0.1) is 5.92 Å². The maximum absolute atomic E-state index is 12.3. The molecule has 9 heteroatoms. The van der Waals surface area contributed by atoms with Crippen LogP contribution in [0.3, 0.4) is 0 Å². The second kappa shape index (κ2) is 7.69. The number of urea groups is 1. The van der Waals surface area contributed by atoms with E-state index in [1.165, 1.54) is 11.3 Å². The first-order chi connectivity index (χ1) is 11.2. The van der Waals surface area contributed by atoms with Gasteiger partial charge in [-0.2, -0.15) is 0 Å². The Labute approximate surface area is 138 Å². The summed E-state index contributed by atoms with van der Waals surface area (Å²) in [6, 6.07) is -0.117. The fourth-order valence-electron chi connectivity index (χ4n) is 2.93. The second-order valence-corrected chi connectivity index (χ2v) is 6.67. The van der Waals surface area contributed by atoms with E-state index in [4.69, 9.17) is 4.74 Å². The molecule has 8 nitrogen and oxygen atoms in total. The molecule has 126 valence electrons. The number of carbonyl (C=O) groups excluding carboxylic acids is 2. The van der Waals surface area contributed by atoms with Crippen LogP contribution in [0.4, 0.5) is 9.93 Å². The van der Waals surface area contributed by atoms with Gasteiger partial charge in [0, 0.05) is 26.2 Å². The number of hydrogen-bond donors (Lipinski definition) is 2. The number of rotatable bonds is 4. The highest BCUT2D eigenvalue weighted by Gasteiger charge is 2.29. The third kappa shape index (κ3) is 4.38. The molecule has 1 aromatic rings. The number of carbonyl (C=O) groups is 2. The molecule has 2 fully saturated rings. The average Bonchev–Trinajstić information content (AvgIpc) is 3.26. The first kappa shape index (κ1) is 16.1. The lowest BCUT2D eigenvalue weighted by Crippen LogP contribution is -2.49. The van der Waals surface area contributed by atoms with E-state index < -0.39 is 0 Å². The minimum Gasteiger partial charge on any atom is -0.376 e. The number of anilines is 1. The summed E-state index contributed by atoms with van der Waals surface area (Å²) in [7, 11) is 0. The van der Waals surface area contributed by atoms with E-state index in [0.29, 0.717) is 24.8 Å². The normalized spacial score (nSPS) is 24.4. The molecule has 0 bridgehead atoms. The van der Waals surface area contributed by atoms with E-state index in [2.05, 4.69) is 20.8 Å². The zero-order chi connectivity index (χ0) is 16.1. The summed E-state index contributed by atoms with van der Waals surface area (Å²) in [5.74, 6) is -0.306. The van der Waals surface area contributed by atoms with Gasteiger partial charge in [0.25, 0.3) is 0 Å². The van der Waals surface area contributed by atoms with Crippen LogP contribution < -0.4 is 10.6 Å². The van der Waals surface area contributed by atoms with E-state index in [9.17, 15) is 9.59 Å². The first-order valence-corrected chi connectivity index (χ1v) is 8.82. The highest BCUT2D eigenvalue weighted by Crippen LogP contribution is 2.19. The third-order valence-electron chi connectivity index (χ3n) is 4.17. The molecule has 0 saturated carbocycles. The highest BCUT2D eigenvalue weighted by molar-refractivity contribution is 7.13. The van der Waals surface area contributed by atoms with Gasteiger partial charge in [0.15, 0.2) is 0 Å². The molecule has 3 heterocycles. The summed E-state index contributed by atoms with van der Waals surface area (Å²) in [4.78, 5) is 26.2. The monoisotopic (exact) mass is 339 g/mol. The molecule has 0 spiro atoms. The van der Waals surface area contributed by atoms with Crippen LogP contribution in [-0.2, 0) is 9.53 Å². The number of piperidine rings is 1. The minimum atomic E-state index is -0.207. The number of likely N-dealkylation sites (tertiary alicyclic amines) is 1. The molecule has 2 saturated heterocycles. The van der Waals surface area contributed by atoms with Crippen molar-refractivity contribution in [1.29, 1.82) is 0 Å². The van der Waals surface area contributed by atoms with Crippen molar-refractivity contribution < 1.29 is 14.3 Å². The zero-order valence-corrected chi connectivity index (χ0v) is 13.7. The lowest BCUT2D eigenvalue weighted by Gasteiger charge is -2.32. The zero-order valence-electron chi connectivity index (χ0n) is 12.9. The summed E-state index contributed by atoms with van der Waals surface area (Å²) < 4.78 is 5.50. The van der Waals surface area contributed by atoms with Gasteiger partial charge in [-0.3, -0.25) is 4.79 Å². The number of aromatic nitrogens is 2. The van der Waals surface area contributed by atoms with Gasteiger partial charge in [-0.25, -0.2) is 4.79 Å². The standard InChI is InChI=1S/C14H21N5O3S/c20-12(17-13-18-16-9-23-13)10-3-1-5-19(8-10)14(21)15-7-11-4-2-6-22-11/h9-11H,1-8H2,(H,15,21)(H,17,18,20)/t10-,11-/m1/s1. The van der Waals surface area contributed by atoms with E-state index >= 15 is 0 Å². The molecule has 2 aliphatic heterocycles. The molecule has 2 atom stereocenters. The first-order valence-electron chi connectivity index (χ1n) is 7.94. The number of amides is 3. The van der Waals surface area contributed by atoms with Crippen molar-refractivity contribution in [1.82, 2.24) is 20.4 Å². The van der Waals surface area contributed by atoms with E-state index in [0.717, 1.165) is 32.3 Å². The Morgan fingerprint density at radius 2 is 2.30 bits per heavy atom. The largest absolute Gasteiger partial charge is 0.376 e. The molecule has 0 unspecified atom stereocenters. The quantitative estimate of drug-likeness (QED) is 0.855. The van der Waals surface area contributed by atoms with Crippen molar-refractivity contribution in [3.05, 3.63) is 5.51 Å². The fraction of sp³-hybridized carbons (Fsp3) is 0.714. The lowest BCUT2D eigenvalue weighted by atomic mass is 9.97. The number of nitrogens with one attached hydrogen (secondary N) is 2. The summed E-state index contributed by atoms with van der Waals surface area (Å²) in [5.41, 5.74) is 1.57. The maximum Gasteiger partial charge on any atom is 0.317 e. The molecular formula is C14H21N5O3S. The Morgan fingerprint density at radius 3 is 3.04 bits per heavy atom. The number of nitrogens with zero attached hydrogens (tertiary/aromatic N) is 3. The van der Waals surface area contributed by atoms with Crippen molar-refractivity contribution in [3.8, 4) is 0 Å². The van der Waals surface area contributed by atoms with Gasteiger partial charge in [0.2, 0.25) is 11.0 Å². The summed E-state index contributed by atoms with van der Waals surface area (Å²) in [6.07, 6.45) is 3.77. The molecule has 23 heavy (non-hydrogen) atoms. The van der Waals surface area contributed by atoms with Gasteiger partial charge in [-0.1, -0.05) is 11.3 Å². The van der Waals surface area contributed by atoms with Crippen LogP contribution in [0.2, 0.25) is 0 Å². The molecule has 2 aliphatic rings. The van der Waals surface area contributed by atoms with Crippen LogP contribution in [0.5, 0.6) is 0 Å². The Hall–Kier alpha value is -1.74. The molecule has 3 rings (SSSR count). The van der Waals surface area contributed by atoms with Crippen LogP contribution >= 0.6 is 11.3 Å². The number of ether oxygens (including phenoxy) is 1. The second-order valence-electron chi connectivity index (χ2n) is 5.84. The SMILES string of the molecule is O=C(Nc1nncs1)[C@@H]1CCCN(C(=O)NC[C@H]2CCCO2)C1. The van der Waals surface area contributed by atoms with E-state index in [-0.39, 0.29) is 24.0 Å². The van der Waals surface area contributed by atoms with Gasteiger partial charge in [-0.15, -0.1) is 10.2 Å². The van der Waals surface area contributed by atoms with Crippen molar-refractivity contribution in [2.24, 2.45) is 5.92 Å². The Morgan fingerprint density at radius 1 is 1.39 bits per heavy atom. The molecule has 3 amide bonds. The molecule has 2 N–H and O–H groups in total. The van der Waals surface area contributed by atoms with Gasteiger partial charge >= 0.3 is 6.03 Å². The topological polar surface area (TPSA) is 96.5 Å². The molecule has 0 aromatic carbocycles. The van der Waals surface area contributed by atoms with Gasteiger partial charge < -0.3 is 20.3 Å².